The molecule has 3 saturated heterocycles. The van der Waals surface area contributed by atoms with Crippen LogP contribution in [0.2, 0.25) is 0 Å². The summed E-state index contributed by atoms with van der Waals surface area (Å²) in [6.07, 6.45) is 3.02. The second-order valence-corrected chi connectivity index (χ2v) is 12.1. The fraction of sp³-hybridized carbons (Fsp3) is 0.593. The third-order valence-corrected chi connectivity index (χ3v) is 9.31. The minimum Gasteiger partial charge on any atom is -0.341 e. The monoisotopic (exact) mass is 555 g/mol. The second kappa shape index (κ2) is 10.4. The number of rotatable bonds is 4. The number of pyridine rings is 1. The predicted molar refractivity (Wildman–Crippen MR) is 150 cm³/mol. The van der Waals surface area contributed by atoms with Gasteiger partial charge in [-0.2, -0.15) is 0 Å². The van der Waals surface area contributed by atoms with E-state index in [4.69, 9.17) is 0 Å². The number of urea groups is 2. The first kappa shape index (κ1) is 27.3. The molecular formula is C27H37N7O4S. The SMILES string of the molecule is CNC(=O)Nc1sc2nc(C)c(C)cc2c1C(=O)N1CCC(N2CCCC3(C2)NC(=O)N(C(C)C)C3=O)CC1. The quantitative estimate of drug-likeness (QED) is 0.498. The Hall–Kier alpha value is -3.25. The van der Waals surface area contributed by atoms with Gasteiger partial charge in [-0.05, 0) is 71.6 Å². The molecule has 5 rings (SSSR count). The van der Waals surface area contributed by atoms with E-state index in [0.29, 0.717) is 36.6 Å². The third kappa shape index (κ3) is 4.84. The average Bonchev–Trinajstić information content (AvgIpc) is 3.36. The van der Waals surface area contributed by atoms with Gasteiger partial charge in [0.05, 0.1) is 5.56 Å². The summed E-state index contributed by atoms with van der Waals surface area (Å²) in [6.45, 7) is 10.1. The van der Waals surface area contributed by atoms with Crippen LogP contribution in [0, 0.1) is 13.8 Å². The smallest absolute Gasteiger partial charge is 0.325 e. The first-order chi connectivity index (χ1) is 18.5. The number of likely N-dealkylation sites (tertiary alicyclic amines) is 2. The van der Waals surface area contributed by atoms with Crippen molar-refractivity contribution in [2.75, 3.05) is 38.5 Å². The van der Waals surface area contributed by atoms with E-state index in [2.05, 4.69) is 25.8 Å². The molecule has 1 atom stereocenters. The number of thiophene rings is 1. The van der Waals surface area contributed by atoms with Crippen molar-refractivity contribution in [1.29, 1.82) is 0 Å². The fourth-order valence-corrected chi connectivity index (χ4v) is 7.15. The zero-order valence-corrected chi connectivity index (χ0v) is 24.0. The molecule has 0 aromatic carbocycles. The molecule has 1 unspecified atom stereocenters. The Labute approximate surface area is 232 Å². The summed E-state index contributed by atoms with van der Waals surface area (Å²) < 4.78 is 0. The number of hydrogen-bond acceptors (Lipinski definition) is 7. The van der Waals surface area contributed by atoms with E-state index in [0.717, 1.165) is 47.3 Å². The Balaban J connectivity index is 1.31. The van der Waals surface area contributed by atoms with Crippen LogP contribution in [0.3, 0.4) is 0 Å². The normalized spacial score (nSPS) is 22.7. The molecular weight excluding hydrogens is 518 g/mol. The highest BCUT2D eigenvalue weighted by Gasteiger charge is 2.54. The van der Waals surface area contributed by atoms with Crippen LogP contribution in [0.5, 0.6) is 0 Å². The van der Waals surface area contributed by atoms with Gasteiger partial charge in [0.2, 0.25) is 0 Å². The summed E-state index contributed by atoms with van der Waals surface area (Å²) in [6, 6.07) is 1.33. The molecule has 12 heteroatoms. The number of piperidine rings is 2. The number of anilines is 1. The topological polar surface area (TPSA) is 127 Å². The molecule has 5 heterocycles. The van der Waals surface area contributed by atoms with Gasteiger partial charge in [-0.3, -0.25) is 24.7 Å². The lowest BCUT2D eigenvalue weighted by atomic mass is 9.86. The highest BCUT2D eigenvalue weighted by Crippen LogP contribution is 2.38. The number of aryl methyl sites for hydroxylation is 2. The van der Waals surface area contributed by atoms with Crippen molar-refractivity contribution in [2.45, 2.75) is 71.0 Å². The summed E-state index contributed by atoms with van der Waals surface area (Å²) in [5.41, 5.74) is 1.51. The Morgan fingerprint density at radius 3 is 2.54 bits per heavy atom. The summed E-state index contributed by atoms with van der Waals surface area (Å²) >= 11 is 1.31. The van der Waals surface area contributed by atoms with Gasteiger partial charge in [0, 0.05) is 49.8 Å². The van der Waals surface area contributed by atoms with E-state index in [9.17, 15) is 19.2 Å². The molecule has 0 aliphatic carbocycles. The number of fused-ring (bicyclic) bond motifs is 1. The van der Waals surface area contributed by atoms with Gasteiger partial charge in [-0.25, -0.2) is 14.6 Å². The van der Waals surface area contributed by atoms with E-state index in [1.165, 1.54) is 23.3 Å². The van der Waals surface area contributed by atoms with Gasteiger partial charge in [0.25, 0.3) is 11.8 Å². The molecule has 39 heavy (non-hydrogen) atoms. The van der Waals surface area contributed by atoms with Crippen molar-refractivity contribution in [3.63, 3.8) is 0 Å². The van der Waals surface area contributed by atoms with Crippen molar-refractivity contribution in [1.82, 2.24) is 30.3 Å². The summed E-state index contributed by atoms with van der Waals surface area (Å²) in [7, 11) is 1.54. The van der Waals surface area contributed by atoms with Gasteiger partial charge in [-0.15, -0.1) is 0 Å². The van der Waals surface area contributed by atoms with Crippen molar-refractivity contribution < 1.29 is 19.2 Å². The minimum absolute atomic E-state index is 0.114. The first-order valence-electron chi connectivity index (χ1n) is 13.6. The predicted octanol–water partition coefficient (Wildman–Crippen LogP) is 3.06. The number of hydrogen-bond donors (Lipinski definition) is 3. The number of amides is 6. The minimum atomic E-state index is -0.856. The molecule has 2 aromatic heterocycles. The third-order valence-electron chi connectivity index (χ3n) is 8.29. The Morgan fingerprint density at radius 2 is 1.90 bits per heavy atom. The maximum absolute atomic E-state index is 13.8. The van der Waals surface area contributed by atoms with Crippen molar-refractivity contribution in [3.8, 4) is 0 Å². The van der Waals surface area contributed by atoms with Crippen molar-refractivity contribution in [3.05, 3.63) is 22.9 Å². The number of aromatic nitrogens is 1. The van der Waals surface area contributed by atoms with Crippen molar-refractivity contribution in [2.24, 2.45) is 0 Å². The molecule has 3 aliphatic heterocycles. The molecule has 1 spiro atoms. The standard InChI is InChI=1S/C27H37N7O4S/c1-15(2)34-24(36)27(31-26(34)38)9-6-10-33(14-27)18-7-11-32(12-8-18)23(35)20-19-13-16(3)17(4)29-21(19)39-22(20)30-25(37)28-5/h13,15,18H,6-12,14H2,1-5H3,(H,31,38)(H2,28,30,37). The van der Waals surface area contributed by atoms with Crippen LogP contribution < -0.4 is 16.0 Å². The number of carbonyl (C=O) groups is 4. The Kier molecular flexibility index (Phi) is 7.27. The zero-order chi connectivity index (χ0) is 28.1. The molecule has 11 nitrogen and oxygen atoms in total. The lowest BCUT2D eigenvalue weighted by molar-refractivity contribution is -0.134. The highest BCUT2D eigenvalue weighted by atomic mass is 32.1. The molecule has 6 amide bonds. The Bertz CT molecular complexity index is 1330. The molecule has 0 radical (unpaired) electrons. The van der Waals surface area contributed by atoms with Crippen molar-refractivity contribution >= 4 is 50.4 Å². The molecule has 3 aliphatic rings. The Morgan fingerprint density at radius 1 is 1.18 bits per heavy atom. The molecule has 3 N–H and O–H groups in total. The lowest BCUT2D eigenvalue weighted by Gasteiger charge is -2.45. The van der Waals surface area contributed by atoms with Gasteiger partial charge in [0.1, 0.15) is 15.4 Å². The molecule has 3 fully saturated rings. The van der Waals surface area contributed by atoms with E-state index in [1.807, 2.05) is 38.7 Å². The van der Waals surface area contributed by atoms with Gasteiger partial charge in [0.15, 0.2) is 0 Å². The molecule has 0 saturated carbocycles. The summed E-state index contributed by atoms with van der Waals surface area (Å²) in [5, 5.41) is 9.63. The molecule has 210 valence electrons. The van der Waals surface area contributed by atoms with Crippen LogP contribution >= 0.6 is 11.3 Å². The second-order valence-electron chi connectivity index (χ2n) is 11.1. The van der Waals surface area contributed by atoms with Gasteiger partial charge >= 0.3 is 12.1 Å². The van der Waals surface area contributed by atoms with E-state index < -0.39 is 5.54 Å². The largest absolute Gasteiger partial charge is 0.341 e. The summed E-state index contributed by atoms with van der Waals surface area (Å²) in [4.78, 5) is 62.7. The van der Waals surface area contributed by atoms with Crippen LogP contribution in [0.4, 0.5) is 14.6 Å². The number of imide groups is 1. The first-order valence-corrected chi connectivity index (χ1v) is 14.4. The van der Waals surface area contributed by atoms with Crippen LogP contribution in [-0.2, 0) is 4.79 Å². The van der Waals surface area contributed by atoms with Crippen LogP contribution in [-0.4, -0.2) is 94.4 Å². The van der Waals surface area contributed by atoms with Gasteiger partial charge < -0.3 is 15.5 Å². The maximum Gasteiger partial charge on any atom is 0.325 e. The molecule has 2 aromatic rings. The lowest BCUT2D eigenvalue weighted by Crippen LogP contribution is -2.61. The molecule has 0 bridgehead atoms. The number of carbonyl (C=O) groups excluding carboxylic acids is 4. The maximum atomic E-state index is 13.8. The van der Waals surface area contributed by atoms with E-state index in [1.54, 1.807) is 0 Å². The van der Waals surface area contributed by atoms with Crippen LogP contribution in [0.1, 0.15) is 61.1 Å². The average molecular weight is 556 g/mol. The van der Waals surface area contributed by atoms with E-state index in [-0.39, 0.29) is 36.0 Å². The van der Waals surface area contributed by atoms with Crippen LogP contribution in [0.25, 0.3) is 10.2 Å². The van der Waals surface area contributed by atoms with Crippen LogP contribution in [0.15, 0.2) is 6.07 Å². The number of nitrogens with zero attached hydrogens (tertiary/aromatic N) is 4. The number of nitrogens with one attached hydrogen (secondary N) is 3. The fourth-order valence-electron chi connectivity index (χ4n) is 6.06. The summed E-state index contributed by atoms with van der Waals surface area (Å²) in [5.74, 6) is -0.239. The highest BCUT2D eigenvalue weighted by molar-refractivity contribution is 7.23. The van der Waals surface area contributed by atoms with E-state index >= 15 is 0 Å². The van der Waals surface area contributed by atoms with Gasteiger partial charge in [-0.1, -0.05) is 11.3 Å². The zero-order valence-electron chi connectivity index (χ0n) is 23.2.